The van der Waals surface area contributed by atoms with Crippen LogP contribution in [0.15, 0.2) is 18.6 Å². The van der Waals surface area contributed by atoms with Gasteiger partial charge < -0.3 is 25.3 Å². The monoisotopic (exact) mass is 556 g/mol. The lowest BCUT2D eigenvalue weighted by atomic mass is 9.87. The van der Waals surface area contributed by atoms with E-state index in [-0.39, 0.29) is 24.1 Å². The molecule has 4 rings (SSSR count). The second-order valence-corrected chi connectivity index (χ2v) is 13.1. The Morgan fingerprint density at radius 2 is 1.88 bits per heavy atom. The van der Waals surface area contributed by atoms with Crippen LogP contribution in [-0.2, 0) is 20.7 Å². The normalized spacial score (nSPS) is 19.3. The van der Waals surface area contributed by atoms with E-state index >= 15 is 0 Å². The van der Waals surface area contributed by atoms with Crippen LogP contribution in [-0.4, -0.2) is 57.0 Å². The number of rotatable bonds is 8. The summed E-state index contributed by atoms with van der Waals surface area (Å²) < 4.78 is 13.2. The summed E-state index contributed by atoms with van der Waals surface area (Å²) in [7, 11) is 0. The van der Waals surface area contributed by atoms with E-state index in [4.69, 9.17) is 9.47 Å². The minimum absolute atomic E-state index is 0.0993. The third-order valence-electron chi connectivity index (χ3n) is 7.19. The van der Waals surface area contributed by atoms with Gasteiger partial charge >= 0.3 is 12.1 Å². The third-order valence-corrected chi connectivity index (χ3v) is 7.19. The van der Waals surface area contributed by atoms with E-state index in [0.29, 0.717) is 22.4 Å². The van der Waals surface area contributed by atoms with Crippen molar-refractivity contribution in [1.82, 2.24) is 25.4 Å². The highest BCUT2D eigenvalue weighted by Crippen LogP contribution is 2.57. The molecular weight excluding hydrogens is 516 g/mol. The second-order valence-electron chi connectivity index (χ2n) is 13.1. The molecule has 0 unspecified atom stereocenters. The zero-order chi connectivity index (χ0) is 29.6. The molecule has 218 valence electrons. The summed E-state index contributed by atoms with van der Waals surface area (Å²) in [5, 5.41) is 22.1. The first-order valence-electron chi connectivity index (χ1n) is 13.7. The van der Waals surface area contributed by atoms with Gasteiger partial charge in [0.2, 0.25) is 12.0 Å². The van der Waals surface area contributed by atoms with Crippen LogP contribution >= 0.6 is 0 Å². The van der Waals surface area contributed by atoms with Gasteiger partial charge in [-0.25, -0.2) is 19.3 Å². The maximum Gasteiger partial charge on any atom is 0.408 e. The molecule has 2 heterocycles. The highest BCUT2D eigenvalue weighted by Gasteiger charge is 2.50. The van der Waals surface area contributed by atoms with Crippen LogP contribution in [0.25, 0.3) is 5.82 Å². The summed E-state index contributed by atoms with van der Waals surface area (Å²) in [6, 6.07) is -1.47. The minimum Gasteiger partial charge on any atom is -0.619 e. The Bertz CT molecular complexity index is 1290. The van der Waals surface area contributed by atoms with Crippen molar-refractivity contribution in [3.05, 3.63) is 40.7 Å². The van der Waals surface area contributed by atoms with Crippen LogP contribution in [0.5, 0.6) is 0 Å². The number of ether oxygens (including phenoxy) is 2. The highest BCUT2D eigenvalue weighted by atomic mass is 16.6. The topological polar surface area (TPSA) is 151 Å². The minimum atomic E-state index is -0.918. The molecule has 1 fully saturated rings. The molecule has 1 saturated carbocycles. The maximum atomic E-state index is 13.6. The Morgan fingerprint density at radius 1 is 1.18 bits per heavy atom. The van der Waals surface area contributed by atoms with Gasteiger partial charge in [-0.3, -0.25) is 4.79 Å². The molecule has 0 saturated heterocycles. The lowest BCUT2D eigenvalue weighted by molar-refractivity contribution is -0.605. The zero-order valence-electron chi connectivity index (χ0n) is 24.5. The lowest BCUT2D eigenvalue weighted by Crippen LogP contribution is -2.50. The van der Waals surface area contributed by atoms with Gasteiger partial charge in [-0.15, -0.1) is 0 Å². The van der Waals surface area contributed by atoms with E-state index in [9.17, 15) is 19.6 Å². The highest BCUT2D eigenvalue weighted by molar-refractivity contribution is 5.95. The molecule has 2 aliphatic carbocycles. The molecule has 0 radical (unpaired) electrons. The van der Waals surface area contributed by atoms with Crippen molar-refractivity contribution < 1.29 is 28.6 Å². The number of nitrogens with zero attached hydrogens (tertiary/aromatic N) is 4. The zero-order valence-corrected chi connectivity index (χ0v) is 24.5. The summed E-state index contributed by atoms with van der Waals surface area (Å²) in [4.78, 5) is 43.1. The fourth-order valence-corrected chi connectivity index (χ4v) is 4.87. The van der Waals surface area contributed by atoms with E-state index in [2.05, 4.69) is 20.7 Å². The van der Waals surface area contributed by atoms with E-state index in [1.165, 1.54) is 18.6 Å². The van der Waals surface area contributed by atoms with Crippen LogP contribution in [0.1, 0.15) is 89.5 Å². The molecule has 2 N–H and O–H groups in total. The third kappa shape index (κ3) is 6.53. The summed E-state index contributed by atoms with van der Waals surface area (Å²) in [6.45, 7) is 14.5. The fraction of sp³-hybridized carbons (Fsp3) is 0.643. The summed E-state index contributed by atoms with van der Waals surface area (Å²) in [6.07, 6.45) is 5.10. The van der Waals surface area contributed by atoms with Gasteiger partial charge in [-0.2, -0.15) is 9.83 Å². The molecule has 0 aromatic carbocycles. The second kappa shape index (κ2) is 10.7. The van der Waals surface area contributed by atoms with Gasteiger partial charge in [0, 0.05) is 11.5 Å². The molecule has 12 nitrogen and oxygen atoms in total. The molecular formula is C28H40N6O6. The number of fused-ring (bicyclic) bond motifs is 3. The van der Waals surface area contributed by atoms with Crippen molar-refractivity contribution in [2.24, 2.45) is 17.3 Å². The van der Waals surface area contributed by atoms with Crippen molar-refractivity contribution in [1.29, 1.82) is 0 Å². The van der Waals surface area contributed by atoms with Crippen molar-refractivity contribution >= 4 is 18.0 Å². The molecule has 12 heteroatoms. The van der Waals surface area contributed by atoms with Crippen molar-refractivity contribution in [3.63, 3.8) is 0 Å². The molecule has 2 amide bonds. The number of hydrogen-bond acceptors (Lipinski definition) is 8. The van der Waals surface area contributed by atoms with Gasteiger partial charge in [0.15, 0.2) is 11.9 Å². The van der Waals surface area contributed by atoms with Crippen molar-refractivity contribution in [2.75, 3.05) is 6.61 Å². The molecule has 40 heavy (non-hydrogen) atoms. The first-order valence-corrected chi connectivity index (χ1v) is 13.7. The van der Waals surface area contributed by atoms with Gasteiger partial charge in [0.25, 0.3) is 5.91 Å². The van der Waals surface area contributed by atoms with E-state index < -0.39 is 35.2 Å². The number of nitrogens with one attached hydrogen (secondary N) is 2. The number of amides is 2. The Kier molecular flexibility index (Phi) is 7.83. The Morgan fingerprint density at radius 3 is 2.48 bits per heavy atom. The standard InChI is InChI=1S/C28H40N6O6/c1-15(2)21(31-26(37)40-28(6,7)8)25(36)39-14-19(27(3,4)5)30-24(35)22-18-12-16-11-17(16)23(18)34(32-22)20-13-33(38)10-9-29-20/h9-10,13,15-17,19,21H,11-12,14H2,1-8H3,(H,30,35)(H,31,37)/t16-,17-,19+,21-/m0/s1. The van der Waals surface area contributed by atoms with Crippen LogP contribution < -0.4 is 15.4 Å². The average Bonchev–Trinajstić information content (AvgIpc) is 3.32. The fourth-order valence-electron chi connectivity index (χ4n) is 4.87. The van der Waals surface area contributed by atoms with Gasteiger partial charge in [0.05, 0.1) is 17.9 Å². The van der Waals surface area contributed by atoms with Crippen LogP contribution in [0.4, 0.5) is 4.79 Å². The average molecular weight is 557 g/mol. The Hall–Kier alpha value is -3.70. The number of carbonyl (C=O) groups excluding carboxylic acids is 3. The molecule has 2 aliphatic rings. The van der Waals surface area contributed by atoms with E-state index in [1.54, 1.807) is 39.3 Å². The molecule has 2 aromatic rings. The van der Waals surface area contributed by atoms with Gasteiger partial charge in [-0.05, 0) is 50.9 Å². The lowest BCUT2D eigenvalue weighted by Gasteiger charge is -2.32. The van der Waals surface area contributed by atoms with Crippen molar-refractivity contribution in [3.8, 4) is 5.82 Å². The summed E-state index contributed by atoms with van der Waals surface area (Å²) in [5.74, 6) is -0.116. The molecule has 0 bridgehead atoms. The number of alkyl carbamates (subject to hydrolysis) is 1. The number of aromatic nitrogens is 4. The Labute approximate surface area is 234 Å². The largest absolute Gasteiger partial charge is 0.619 e. The first kappa shape index (κ1) is 29.3. The van der Waals surface area contributed by atoms with E-state index in [1.807, 2.05) is 20.8 Å². The summed E-state index contributed by atoms with van der Waals surface area (Å²) in [5.41, 5.74) is 0.911. The molecule has 0 spiro atoms. The molecule has 0 aliphatic heterocycles. The smallest absolute Gasteiger partial charge is 0.408 e. The van der Waals surface area contributed by atoms with Crippen LogP contribution in [0.3, 0.4) is 0 Å². The number of hydrogen-bond donors (Lipinski definition) is 2. The maximum absolute atomic E-state index is 13.6. The summed E-state index contributed by atoms with van der Waals surface area (Å²) >= 11 is 0. The molecule has 2 aromatic heterocycles. The van der Waals surface area contributed by atoms with Gasteiger partial charge in [-0.1, -0.05) is 34.6 Å². The van der Waals surface area contributed by atoms with Crippen LogP contribution in [0, 0.1) is 22.5 Å². The van der Waals surface area contributed by atoms with E-state index in [0.717, 1.165) is 24.1 Å². The Balaban J connectivity index is 1.48. The van der Waals surface area contributed by atoms with Crippen molar-refractivity contribution in [2.45, 2.75) is 91.8 Å². The number of carbonyl (C=O) groups is 3. The first-order chi connectivity index (χ1) is 18.5. The quantitative estimate of drug-likeness (QED) is 0.286. The SMILES string of the molecule is CC(C)[C@H](NC(=O)OC(C)(C)C)C(=O)OC[C@@H](NC(=O)c1nn(-c2c[n+]([O-])ccn2)c2c1C[C@@H]1C[C@H]21)C(C)(C)C. The van der Waals surface area contributed by atoms with Crippen LogP contribution in [0.2, 0.25) is 0 Å². The predicted octanol–water partition coefficient (Wildman–Crippen LogP) is 2.80. The molecule has 4 atom stereocenters. The number of esters is 1. The predicted molar refractivity (Wildman–Crippen MR) is 145 cm³/mol. The van der Waals surface area contributed by atoms with Gasteiger partial charge in [0.1, 0.15) is 18.2 Å².